The Morgan fingerprint density at radius 2 is 1.81 bits per heavy atom. The normalized spacial score (nSPS) is 20.7. The van der Waals surface area contributed by atoms with Gasteiger partial charge in [-0.05, 0) is 42.2 Å². The van der Waals surface area contributed by atoms with Crippen molar-refractivity contribution in [1.29, 1.82) is 0 Å². The molecule has 32 heavy (non-hydrogen) atoms. The minimum Gasteiger partial charge on any atom is -0.486 e. The van der Waals surface area contributed by atoms with Gasteiger partial charge in [-0.2, -0.15) is 0 Å². The van der Waals surface area contributed by atoms with Gasteiger partial charge in [-0.15, -0.1) is 0 Å². The summed E-state index contributed by atoms with van der Waals surface area (Å²) in [5, 5.41) is 0. The van der Waals surface area contributed by atoms with Gasteiger partial charge in [-0.1, -0.05) is 24.3 Å². The number of rotatable bonds is 7. The zero-order valence-corrected chi connectivity index (χ0v) is 19.5. The van der Waals surface area contributed by atoms with Crippen molar-refractivity contribution in [2.75, 3.05) is 26.0 Å². The lowest BCUT2D eigenvalue weighted by atomic mass is 9.59. The molecular weight excluding hydrogens is 428 g/mol. The summed E-state index contributed by atoms with van der Waals surface area (Å²) in [6.45, 7) is 6.57. The monoisotopic (exact) mass is 458 g/mol. The first kappa shape index (κ1) is 21.6. The summed E-state index contributed by atoms with van der Waals surface area (Å²) in [6.07, 6.45) is 4.72. The third kappa shape index (κ3) is 3.97. The van der Waals surface area contributed by atoms with Crippen LogP contribution >= 0.6 is 0 Å². The van der Waals surface area contributed by atoms with Crippen molar-refractivity contribution in [3.05, 3.63) is 57.8 Å². The second kappa shape index (κ2) is 7.97. The largest absolute Gasteiger partial charge is 0.486 e. The van der Waals surface area contributed by atoms with E-state index in [1.165, 1.54) is 21.7 Å². The maximum Gasteiger partial charge on any atom is 0.295 e. The van der Waals surface area contributed by atoms with E-state index < -0.39 is 10.0 Å². The van der Waals surface area contributed by atoms with E-state index in [1.54, 1.807) is 10.8 Å². The van der Waals surface area contributed by atoms with E-state index in [0.717, 1.165) is 31.8 Å². The van der Waals surface area contributed by atoms with Crippen molar-refractivity contribution >= 4 is 10.0 Å². The fraction of sp³-hybridized carbons (Fsp3) is 0.565. The molecule has 1 spiro atoms. The molecule has 8 nitrogen and oxygen atoms in total. The van der Waals surface area contributed by atoms with E-state index in [1.807, 2.05) is 6.92 Å². The van der Waals surface area contributed by atoms with Gasteiger partial charge in [0.2, 0.25) is 15.8 Å². The second-order valence-electron chi connectivity index (χ2n) is 9.62. The van der Waals surface area contributed by atoms with Crippen LogP contribution in [0.5, 0.6) is 5.75 Å². The van der Waals surface area contributed by atoms with Crippen molar-refractivity contribution in [2.24, 2.45) is 11.3 Å². The highest BCUT2D eigenvalue weighted by molar-refractivity contribution is 7.88. The molecule has 2 fully saturated rings. The summed E-state index contributed by atoms with van der Waals surface area (Å²) in [6, 6.07) is 8.43. The maximum atomic E-state index is 13.0. The first-order valence-electron chi connectivity index (χ1n) is 11.2. The molecule has 0 unspecified atom stereocenters. The van der Waals surface area contributed by atoms with Crippen LogP contribution in [0, 0.1) is 11.3 Å². The van der Waals surface area contributed by atoms with E-state index in [-0.39, 0.29) is 11.0 Å². The number of aromatic nitrogens is 2. The summed E-state index contributed by atoms with van der Waals surface area (Å²) in [5.74, 6) is 1.41. The Kier molecular flexibility index (Phi) is 5.38. The topological polar surface area (TPSA) is 84.7 Å². The van der Waals surface area contributed by atoms with Crippen LogP contribution in [0.4, 0.5) is 0 Å². The molecule has 0 radical (unpaired) electrons. The molecule has 0 bridgehead atoms. The van der Waals surface area contributed by atoms with Crippen LogP contribution in [0.1, 0.15) is 36.7 Å². The van der Waals surface area contributed by atoms with Gasteiger partial charge in [0.15, 0.2) is 0 Å². The maximum absolute atomic E-state index is 13.0. The van der Waals surface area contributed by atoms with Gasteiger partial charge in [0.25, 0.3) is 5.56 Å². The van der Waals surface area contributed by atoms with Gasteiger partial charge in [0.05, 0.1) is 25.6 Å². The fourth-order valence-corrected chi connectivity index (χ4v) is 6.48. The van der Waals surface area contributed by atoms with Gasteiger partial charge < -0.3 is 4.74 Å². The van der Waals surface area contributed by atoms with Gasteiger partial charge >= 0.3 is 0 Å². The van der Waals surface area contributed by atoms with Crippen LogP contribution in [0.25, 0.3) is 0 Å². The predicted molar refractivity (Wildman–Crippen MR) is 121 cm³/mol. The van der Waals surface area contributed by atoms with E-state index in [2.05, 4.69) is 34.1 Å². The Labute approximate surface area is 188 Å². The van der Waals surface area contributed by atoms with Crippen molar-refractivity contribution in [3.8, 4) is 5.75 Å². The van der Waals surface area contributed by atoms with Crippen LogP contribution in [-0.4, -0.2) is 53.1 Å². The molecule has 1 saturated heterocycles. The first-order valence-corrected chi connectivity index (χ1v) is 13.1. The number of sulfonamides is 1. The Bertz CT molecular complexity index is 1150. The summed E-state index contributed by atoms with van der Waals surface area (Å²) < 4.78 is 32.3. The van der Waals surface area contributed by atoms with E-state index in [4.69, 9.17) is 4.74 Å². The van der Waals surface area contributed by atoms with E-state index in [9.17, 15) is 13.2 Å². The quantitative estimate of drug-likeness (QED) is 0.629. The highest BCUT2D eigenvalue weighted by Crippen LogP contribution is 2.52. The highest BCUT2D eigenvalue weighted by atomic mass is 32.2. The molecule has 5 rings (SSSR count). The molecule has 1 saturated carbocycles. The van der Waals surface area contributed by atoms with Gasteiger partial charge in [0.1, 0.15) is 5.82 Å². The third-order valence-electron chi connectivity index (χ3n) is 7.10. The summed E-state index contributed by atoms with van der Waals surface area (Å²) in [4.78, 5) is 19.9. The SMILES string of the molecule is CCn1c(CN2Cc3ccccc3C2)ncc(OCC2CC3(C2)CN(S(C)(=O)=O)C3)c1=O. The average molecular weight is 459 g/mol. The molecule has 1 aromatic carbocycles. The predicted octanol–water partition coefficient (Wildman–Crippen LogP) is 1.83. The lowest BCUT2D eigenvalue weighted by Crippen LogP contribution is -2.63. The van der Waals surface area contributed by atoms with Gasteiger partial charge in [-0.3, -0.25) is 14.3 Å². The van der Waals surface area contributed by atoms with Crippen LogP contribution < -0.4 is 10.3 Å². The smallest absolute Gasteiger partial charge is 0.295 e. The first-order chi connectivity index (χ1) is 15.3. The minimum atomic E-state index is -3.08. The number of hydrogen-bond donors (Lipinski definition) is 0. The molecule has 0 N–H and O–H groups in total. The molecule has 0 atom stereocenters. The molecule has 3 aliphatic rings. The standard InChI is InChI=1S/C23H30N4O4S/c1-3-27-21(13-25-11-18-6-4-5-7-19(18)12-25)24-10-20(22(27)28)31-14-17-8-23(9-17)15-26(16-23)32(2,29)30/h4-7,10,17H,3,8-9,11-16H2,1-2H3. The van der Waals surface area contributed by atoms with Gasteiger partial charge in [-0.25, -0.2) is 17.7 Å². The van der Waals surface area contributed by atoms with Crippen molar-refractivity contribution in [3.63, 3.8) is 0 Å². The summed E-state index contributed by atoms with van der Waals surface area (Å²) in [7, 11) is -3.08. The number of nitrogens with zero attached hydrogens (tertiary/aromatic N) is 4. The Morgan fingerprint density at radius 1 is 1.16 bits per heavy atom. The zero-order valence-electron chi connectivity index (χ0n) is 18.7. The molecule has 2 aliphatic heterocycles. The Morgan fingerprint density at radius 3 is 2.41 bits per heavy atom. The number of benzene rings is 1. The third-order valence-corrected chi connectivity index (χ3v) is 8.29. The lowest BCUT2D eigenvalue weighted by Gasteiger charge is -2.58. The average Bonchev–Trinajstić information content (AvgIpc) is 3.08. The zero-order chi connectivity index (χ0) is 22.5. The van der Waals surface area contributed by atoms with E-state index >= 15 is 0 Å². The molecule has 9 heteroatoms. The van der Waals surface area contributed by atoms with Crippen molar-refractivity contribution in [2.45, 2.75) is 45.9 Å². The molecule has 1 aromatic heterocycles. The number of ether oxygens (including phenoxy) is 1. The summed E-state index contributed by atoms with van der Waals surface area (Å²) in [5.41, 5.74) is 2.66. The van der Waals surface area contributed by atoms with Crippen LogP contribution in [0.2, 0.25) is 0 Å². The Balaban J connectivity index is 1.17. The minimum absolute atomic E-state index is 0.121. The highest BCUT2D eigenvalue weighted by Gasteiger charge is 2.54. The fourth-order valence-electron chi connectivity index (χ4n) is 5.46. The molecule has 1 aliphatic carbocycles. The molecule has 3 heterocycles. The van der Waals surface area contributed by atoms with Crippen LogP contribution in [0.3, 0.4) is 0 Å². The van der Waals surface area contributed by atoms with Crippen molar-refractivity contribution < 1.29 is 13.2 Å². The molecule has 0 amide bonds. The second-order valence-corrected chi connectivity index (χ2v) is 11.6. The van der Waals surface area contributed by atoms with Crippen molar-refractivity contribution in [1.82, 2.24) is 18.8 Å². The number of hydrogen-bond acceptors (Lipinski definition) is 6. The molecule has 172 valence electrons. The van der Waals surface area contributed by atoms with Gasteiger partial charge in [0, 0.05) is 32.7 Å². The molecular formula is C23H30N4O4S. The number of fused-ring (bicyclic) bond motifs is 1. The lowest BCUT2D eigenvalue weighted by molar-refractivity contribution is -0.0654. The van der Waals surface area contributed by atoms with Crippen LogP contribution in [0.15, 0.2) is 35.3 Å². The van der Waals surface area contributed by atoms with Crippen LogP contribution in [-0.2, 0) is 36.2 Å². The summed E-state index contributed by atoms with van der Waals surface area (Å²) >= 11 is 0. The molecule has 2 aromatic rings. The Hall–Kier alpha value is -2.23. The van der Waals surface area contributed by atoms with E-state index in [0.29, 0.717) is 44.5 Å².